The third kappa shape index (κ3) is 35.0. The molecule has 2 aliphatic heterocycles. The maximum absolute atomic E-state index is 13.1. The number of halogens is 6. The van der Waals surface area contributed by atoms with Gasteiger partial charge >= 0.3 is 18.8 Å². The van der Waals surface area contributed by atoms with Crippen LogP contribution in [0.4, 0.5) is 41.6 Å². The van der Waals surface area contributed by atoms with Crippen LogP contribution in [0.15, 0.2) is 224 Å². The van der Waals surface area contributed by atoms with Gasteiger partial charge in [0, 0.05) is 173 Å². The first-order valence-corrected chi connectivity index (χ1v) is 31.9. The van der Waals surface area contributed by atoms with E-state index in [1.807, 2.05) is 126 Å². The van der Waals surface area contributed by atoms with Gasteiger partial charge in [-0.1, -0.05) is 127 Å². The molecule has 2 saturated heterocycles. The van der Waals surface area contributed by atoms with Crippen LogP contribution < -0.4 is 31.1 Å². The Morgan fingerprint density at radius 2 is 0.856 bits per heavy atom. The predicted molar refractivity (Wildman–Crippen MR) is 396 cm³/mol. The van der Waals surface area contributed by atoms with Crippen LogP contribution in [0.5, 0.6) is 0 Å². The monoisotopic (exact) mass is 1650 g/mol. The van der Waals surface area contributed by atoms with E-state index in [4.69, 9.17) is 68.2 Å². The second-order valence-corrected chi connectivity index (χ2v) is 21.7. The van der Waals surface area contributed by atoms with Crippen molar-refractivity contribution in [3.05, 3.63) is 259 Å². The van der Waals surface area contributed by atoms with Crippen LogP contribution in [0.3, 0.4) is 0 Å². The quantitative estimate of drug-likeness (QED) is 0.0330. The molecule has 2 fully saturated rings. The van der Waals surface area contributed by atoms with Gasteiger partial charge < -0.3 is 46.4 Å². The number of nitrogens with zero attached hydrogens (tertiary/aromatic N) is 6. The summed E-state index contributed by atoms with van der Waals surface area (Å²) >= 11 is 19.9. The van der Waals surface area contributed by atoms with Gasteiger partial charge in [-0.3, -0.25) is 4.79 Å². The molecule has 0 saturated carbocycles. The van der Waals surface area contributed by atoms with Gasteiger partial charge in [-0.25, -0.2) is 13.2 Å². The van der Waals surface area contributed by atoms with Crippen LogP contribution in [0.2, 0.25) is 0 Å². The largest absolute Gasteiger partial charge is 0 e. The summed E-state index contributed by atoms with van der Waals surface area (Å²) in [7, 11) is 3.75. The zero-order valence-electron chi connectivity index (χ0n) is 55.3. The Morgan fingerprint density at radius 3 is 1.15 bits per heavy atom. The number of amides is 1. The van der Waals surface area contributed by atoms with Crippen molar-refractivity contribution in [2.45, 2.75) is 42.9 Å². The average molecular weight is 1650 g/mol. The Bertz CT molecular complexity index is 3250. The van der Waals surface area contributed by atoms with Gasteiger partial charge in [0.15, 0.2) is 0 Å². The van der Waals surface area contributed by atoms with E-state index in [9.17, 15) is 23.2 Å². The van der Waals surface area contributed by atoms with Crippen molar-refractivity contribution in [3.8, 4) is 12.1 Å². The van der Waals surface area contributed by atoms with E-state index in [-0.39, 0.29) is 110 Å². The van der Waals surface area contributed by atoms with E-state index < -0.39 is 10.8 Å². The molecular formula is C72H83B4Cl3F3N8O4SUV. The Morgan fingerprint density at radius 1 is 0.536 bits per heavy atom. The molecule has 7 N–H and O–H groups in total. The van der Waals surface area contributed by atoms with Gasteiger partial charge in [0.05, 0.1) is 49.2 Å². The smallest absolute Gasteiger partial charge is 0 e. The number of nitriles is 2. The molecule has 504 valence electrons. The van der Waals surface area contributed by atoms with E-state index in [1.54, 1.807) is 36.4 Å². The molecule has 25 heteroatoms. The van der Waals surface area contributed by atoms with E-state index in [1.165, 1.54) is 47.8 Å². The van der Waals surface area contributed by atoms with Gasteiger partial charge in [0.1, 0.15) is 17.5 Å². The third-order valence-electron chi connectivity index (χ3n) is 14.7. The number of piperidine rings is 2. The Hall–Kier alpha value is -6.13. The van der Waals surface area contributed by atoms with Crippen LogP contribution in [0.1, 0.15) is 42.4 Å². The number of hydrogen-bond donors (Lipinski definition) is 5. The molecule has 0 aromatic heterocycles. The second kappa shape index (κ2) is 56.7. The fourth-order valence-corrected chi connectivity index (χ4v) is 10.3. The number of primary amides is 1. The number of carbonyl (C=O) groups excluding carboxylic acids is 1. The number of aliphatic hydroxyl groups is 3. The Balaban J connectivity index is -0.00000111. The maximum atomic E-state index is 13.1. The van der Waals surface area contributed by atoms with Gasteiger partial charge in [-0.05, 0) is 141 Å². The molecule has 10 radical (unpaired) electrons. The Kier molecular flexibility index (Phi) is 54.3. The molecule has 8 aromatic rings. The molecule has 0 bridgehead atoms. The number of benzene rings is 8. The average Bonchev–Trinajstić information content (AvgIpc) is 0.798. The molecule has 8 aromatic carbocycles. The fourth-order valence-electron chi connectivity index (χ4n) is 9.86. The maximum Gasteiger partial charge on any atom is 0 e. The minimum atomic E-state index is -0.695. The van der Waals surface area contributed by atoms with E-state index >= 15 is 0 Å². The predicted octanol–water partition coefficient (Wildman–Crippen LogP) is 12.4. The van der Waals surface area contributed by atoms with Crippen molar-refractivity contribution in [1.82, 2.24) is 0 Å². The van der Waals surface area contributed by atoms with E-state index in [0.717, 1.165) is 85.9 Å². The molecule has 97 heavy (non-hydrogen) atoms. The number of rotatable bonds is 17. The molecule has 10 rings (SSSR count). The summed E-state index contributed by atoms with van der Waals surface area (Å²) in [6.07, 6.45) is 3.17. The van der Waals surface area contributed by atoms with Crippen molar-refractivity contribution in [2.75, 3.05) is 115 Å². The summed E-state index contributed by atoms with van der Waals surface area (Å²) in [5, 5.41) is 43.2. The summed E-state index contributed by atoms with van der Waals surface area (Å²) in [5.74, 6) is 0.463. The number of nitrogen functional groups attached to an aromatic ring is 1. The molecule has 2 aliphatic rings. The second-order valence-electron chi connectivity index (χ2n) is 20.6. The number of hydrogen-bond acceptors (Lipinski definition) is 12. The summed E-state index contributed by atoms with van der Waals surface area (Å²) in [6, 6.07) is 72.7. The fraction of sp³-hybridized carbons (Fsp3) is 0.292. The third-order valence-corrected chi connectivity index (χ3v) is 15.2. The molecule has 2 heterocycles. The molecule has 1 amide bonds. The van der Waals surface area contributed by atoms with Gasteiger partial charge in [-0.15, -0.1) is 34.8 Å². The van der Waals surface area contributed by atoms with Gasteiger partial charge in [0.25, 0.3) is 0 Å². The number of alkyl halides is 3. The molecule has 0 unspecified atom stereocenters. The van der Waals surface area contributed by atoms with Crippen molar-refractivity contribution in [2.24, 2.45) is 5.73 Å². The van der Waals surface area contributed by atoms with Crippen LogP contribution in [-0.2, 0) is 40.6 Å². The number of nitrogens with two attached hydrogens (primary N) is 2. The zero-order valence-corrected chi connectivity index (χ0v) is 63.0. The van der Waals surface area contributed by atoms with Crippen molar-refractivity contribution in [3.63, 3.8) is 0 Å². The number of carbonyl (C=O) groups is 1. The summed E-state index contributed by atoms with van der Waals surface area (Å²) < 4.78 is 43.7. The first kappa shape index (κ1) is 92.9. The first-order valence-electron chi connectivity index (χ1n) is 30.4. The Labute approximate surface area is 637 Å². The van der Waals surface area contributed by atoms with Crippen LogP contribution in [0, 0.1) is 71.2 Å². The summed E-state index contributed by atoms with van der Waals surface area (Å²) in [5.41, 5.74) is 17.9. The minimum Gasteiger partial charge on any atom is 0 e. The summed E-state index contributed by atoms with van der Waals surface area (Å²) in [6.45, 7) is 10.4. The SMILES string of the molecule is ClCCN(CCCl)c1ccccc1.N#CC1(c2ccc(F)cc2)CCN(c2ccccc2)CC1.N#CCc1ccc(F)cc1.NC(=O)C1(c2ccc(F)cc2)CCN(c2ccccc2)CC1.Nc1ccccc1.OCCCl.OCCN(CCO)c1ccccc1.[3H][B].[B].[B].[B]=S.[U].[V]. The number of anilines is 5. The van der Waals surface area contributed by atoms with Crippen LogP contribution in [0.25, 0.3) is 0 Å². The minimum absolute atomic E-state index is 0. The molecular weight excluding hydrogens is 1570 g/mol. The van der Waals surface area contributed by atoms with Crippen LogP contribution >= 0.6 is 46.9 Å². The molecule has 0 spiro atoms. The van der Waals surface area contributed by atoms with E-state index in [2.05, 4.69) is 84.3 Å². The molecule has 0 aliphatic carbocycles. The normalized spacial score (nSPS) is 12.2. The molecule has 12 nitrogen and oxygen atoms in total. The van der Waals surface area contributed by atoms with Crippen molar-refractivity contribution in [1.29, 1.82) is 11.9 Å². The topological polar surface area (TPSA) is 190 Å². The zero-order chi connectivity index (χ0) is 69.2. The van der Waals surface area contributed by atoms with Gasteiger partial charge in [0.2, 0.25) is 5.91 Å². The number of para-hydroxylation sites is 5. The van der Waals surface area contributed by atoms with E-state index in [0.29, 0.717) is 50.0 Å². The summed E-state index contributed by atoms with van der Waals surface area (Å²) in [4.78, 5) is 20.8. The first-order chi connectivity index (χ1) is 45.7. The van der Waals surface area contributed by atoms with Crippen molar-refractivity contribution >= 4 is 113 Å². The van der Waals surface area contributed by atoms with Crippen LogP contribution in [-0.4, -0.2) is 144 Å². The van der Waals surface area contributed by atoms with Gasteiger partial charge in [-0.2, -0.15) is 10.5 Å². The number of aliphatic hydroxyl groups excluding tert-OH is 3. The van der Waals surface area contributed by atoms with Crippen molar-refractivity contribution < 1.29 is 83.0 Å². The standard InChI is InChI=1S/C18H19FN2O.C18H17FN2.C10H13Cl2N.C10H15NO2.C8H6FN.C6H7N.C2H5ClO.BS.BH.2B.U.V/c19-15-8-6-14(7-9-15)18(17(20)22)10-12-21(13-11-18)16-4-2-1-3-5-16;19-16-8-6-15(7-9-16)18(14-20)10-12-21(13-11-18)17-4-2-1-3-5-17;11-6-8-13(9-7-12)10-4-2-1-3-5-10;12-8-6-11(7-9-13)10-4-2-1-3-5-10;9-8-3-1-7(2-4-8)5-6-10;7-6-4-2-1-3-5-6;3-1-2-4;1-2;;;;;/h1-9H,10-13H2,(H2,20,22);1-9H,10-13H2;1-5H,6-9H2;1-5,12-13H,6-9H2;1-4H,5H2;1-5H,7H2;4H,1-2H2;;1H;;;;/i;;;;;;;;1T;;;;. The molecule has 0 atom stereocenters.